The smallest absolute Gasteiger partial charge is 0.354 e. The largest absolute Gasteiger partial charge is 0.477 e. The Kier molecular flexibility index (Phi) is 3.09. The summed E-state index contributed by atoms with van der Waals surface area (Å²) in [6.07, 6.45) is 1.33. The monoisotopic (exact) mass is 246 g/mol. The molecule has 0 saturated carbocycles. The van der Waals surface area contributed by atoms with E-state index in [-0.39, 0.29) is 11.5 Å². The van der Waals surface area contributed by atoms with Gasteiger partial charge in [-0.1, -0.05) is 6.07 Å². The van der Waals surface area contributed by atoms with Crippen molar-refractivity contribution in [2.24, 2.45) is 0 Å². The first-order chi connectivity index (χ1) is 8.56. The lowest BCUT2D eigenvalue weighted by molar-refractivity contribution is 0.0690. The standard InChI is InChI=1S/C12H10N2O4/c1-7-5-8(6-18-7)11(15)14-10-4-2-3-9(13-10)12(16)17/h2-6H,1H3,(H,16,17)(H,13,14,15). The van der Waals surface area contributed by atoms with Crippen LogP contribution in [0.1, 0.15) is 26.6 Å². The summed E-state index contributed by atoms with van der Waals surface area (Å²) in [6.45, 7) is 1.72. The molecule has 0 aliphatic heterocycles. The highest BCUT2D eigenvalue weighted by Crippen LogP contribution is 2.10. The Morgan fingerprint density at radius 2 is 2.17 bits per heavy atom. The lowest BCUT2D eigenvalue weighted by atomic mass is 10.3. The van der Waals surface area contributed by atoms with Crippen molar-refractivity contribution in [1.82, 2.24) is 4.98 Å². The highest BCUT2D eigenvalue weighted by atomic mass is 16.4. The van der Waals surface area contributed by atoms with E-state index in [4.69, 9.17) is 9.52 Å². The van der Waals surface area contributed by atoms with Crippen molar-refractivity contribution in [1.29, 1.82) is 0 Å². The summed E-state index contributed by atoms with van der Waals surface area (Å²) < 4.78 is 5.01. The Hall–Kier alpha value is -2.63. The number of carbonyl (C=O) groups excluding carboxylic acids is 1. The van der Waals surface area contributed by atoms with Crippen LogP contribution < -0.4 is 5.32 Å². The lowest BCUT2D eigenvalue weighted by Crippen LogP contribution is -2.13. The molecule has 2 rings (SSSR count). The highest BCUT2D eigenvalue weighted by molar-refractivity contribution is 6.03. The van der Waals surface area contributed by atoms with E-state index in [1.54, 1.807) is 13.0 Å². The molecule has 6 heteroatoms. The third kappa shape index (κ3) is 2.54. The Labute approximate surface area is 102 Å². The van der Waals surface area contributed by atoms with Gasteiger partial charge in [-0.05, 0) is 25.1 Å². The summed E-state index contributed by atoms with van der Waals surface area (Å²) in [4.78, 5) is 26.3. The van der Waals surface area contributed by atoms with E-state index in [2.05, 4.69) is 10.3 Å². The van der Waals surface area contributed by atoms with Crippen molar-refractivity contribution in [3.8, 4) is 0 Å². The number of hydrogen-bond acceptors (Lipinski definition) is 4. The number of carboxylic acids is 1. The van der Waals surface area contributed by atoms with Gasteiger partial charge in [0.05, 0.1) is 5.56 Å². The van der Waals surface area contributed by atoms with Gasteiger partial charge in [0.25, 0.3) is 5.91 Å². The van der Waals surface area contributed by atoms with Crippen LogP contribution in [0.4, 0.5) is 5.82 Å². The summed E-state index contributed by atoms with van der Waals surface area (Å²) in [7, 11) is 0. The van der Waals surface area contributed by atoms with Gasteiger partial charge in [-0.15, -0.1) is 0 Å². The molecule has 0 aromatic carbocycles. The first-order valence-corrected chi connectivity index (χ1v) is 5.13. The van der Waals surface area contributed by atoms with E-state index in [1.165, 1.54) is 24.5 Å². The number of aromatic carboxylic acids is 1. The molecular formula is C12H10N2O4. The van der Waals surface area contributed by atoms with E-state index < -0.39 is 11.9 Å². The zero-order valence-electron chi connectivity index (χ0n) is 9.51. The van der Waals surface area contributed by atoms with E-state index in [0.717, 1.165) is 0 Å². The molecule has 0 spiro atoms. The van der Waals surface area contributed by atoms with Crippen molar-refractivity contribution in [2.75, 3.05) is 5.32 Å². The Bertz CT molecular complexity index is 604. The van der Waals surface area contributed by atoms with Crippen molar-refractivity contribution >= 4 is 17.7 Å². The molecule has 0 radical (unpaired) electrons. The zero-order valence-corrected chi connectivity index (χ0v) is 9.51. The number of nitrogens with zero attached hydrogens (tertiary/aromatic N) is 1. The summed E-state index contributed by atoms with van der Waals surface area (Å²) in [5.74, 6) is -0.752. The van der Waals surface area contributed by atoms with E-state index in [9.17, 15) is 9.59 Å². The Morgan fingerprint density at radius 1 is 1.39 bits per heavy atom. The first-order valence-electron chi connectivity index (χ1n) is 5.13. The number of amides is 1. The van der Waals surface area contributed by atoms with Crippen molar-refractivity contribution < 1.29 is 19.1 Å². The van der Waals surface area contributed by atoms with Crippen LogP contribution in [0.2, 0.25) is 0 Å². The topological polar surface area (TPSA) is 92.4 Å². The van der Waals surface area contributed by atoms with Crippen LogP contribution in [0.5, 0.6) is 0 Å². The second kappa shape index (κ2) is 4.70. The van der Waals surface area contributed by atoms with Gasteiger partial charge in [0.2, 0.25) is 0 Å². The first kappa shape index (κ1) is 11.8. The molecule has 0 fully saturated rings. The molecule has 2 heterocycles. The summed E-state index contributed by atoms with van der Waals surface area (Å²) >= 11 is 0. The van der Waals surface area contributed by atoms with Crippen LogP contribution in [0.25, 0.3) is 0 Å². The molecule has 2 N–H and O–H groups in total. The molecule has 2 aromatic heterocycles. The minimum Gasteiger partial charge on any atom is -0.477 e. The SMILES string of the molecule is Cc1cc(C(=O)Nc2cccc(C(=O)O)n2)co1. The summed E-state index contributed by atoms with van der Waals surface area (Å²) in [6, 6.07) is 5.94. The molecule has 18 heavy (non-hydrogen) atoms. The van der Waals surface area contributed by atoms with Crippen LogP contribution in [-0.2, 0) is 0 Å². The molecule has 92 valence electrons. The van der Waals surface area contributed by atoms with Gasteiger partial charge in [0.1, 0.15) is 17.8 Å². The number of nitrogens with one attached hydrogen (secondary N) is 1. The average molecular weight is 246 g/mol. The van der Waals surface area contributed by atoms with Gasteiger partial charge in [-0.3, -0.25) is 4.79 Å². The van der Waals surface area contributed by atoms with E-state index >= 15 is 0 Å². The maximum absolute atomic E-state index is 11.8. The number of pyridine rings is 1. The number of aryl methyl sites for hydroxylation is 1. The molecule has 0 aliphatic rings. The van der Waals surface area contributed by atoms with Crippen LogP contribution in [0.3, 0.4) is 0 Å². The van der Waals surface area contributed by atoms with Gasteiger partial charge in [0, 0.05) is 0 Å². The fraction of sp³-hybridized carbons (Fsp3) is 0.0833. The van der Waals surface area contributed by atoms with Crippen LogP contribution in [0.15, 0.2) is 34.9 Å². The van der Waals surface area contributed by atoms with Crippen LogP contribution in [-0.4, -0.2) is 22.0 Å². The van der Waals surface area contributed by atoms with E-state index in [0.29, 0.717) is 11.3 Å². The number of hydrogen-bond donors (Lipinski definition) is 2. The Morgan fingerprint density at radius 3 is 2.78 bits per heavy atom. The molecule has 0 bridgehead atoms. The number of carbonyl (C=O) groups is 2. The highest BCUT2D eigenvalue weighted by Gasteiger charge is 2.11. The fourth-order valence-corrected chi connectivity index (χ4v) is 1.37. The van der Waals surface area contributed by atoms with Gasteiger partial charge < -0.3 is 14.8 Å². The normalized spacial score (nSPS) is 10.1. The van der Waals surface area contributed by atoms with Crippen molar-refractivity contribution in [2.45, 2.75) is 6.92 Å². The molecule has 0 unspecified atom stereocenters. The molecule has 1 amide bonds. The molecule has 2 aromatic rings. The summed E-state index contributed by atoms with van der Waals surface area (Å²) in [5.41, 5.74) is 0.228. The predicted molar refractivity (Wildman–Crippen MR) is 62.6 cm³/mol. The maximum atomic E-state index is 11.8. The third-order valence-corrected chi connectivity index (χ3v) is 2.20. The molecular weight excluding hydrogens is 236 g/mol. The van der Waals surface area contributed by atoms with Crippen molar-refractivity contribution in [3.63, 3.8) is 0 Å². The van der Waals surface area contributed by atoms with Crippen LogP contribution in [0, 0.1) is 6.92 Å². The third-order valence-electron chi connectivity index (χ3n) is 2.20. The second-order valence-corrected chi connectivity index (χ2v) is 3.61. The maximum Gasteiger partial charge on any atom is 0.354 e. The van der Waals surface area contributed by atoms with Gasteiger partial charge in [-0.25, -0.2) is 9.78 Å². The minimum absolute atomic E-state index is 0.129. The second-order valence-electron chi connectivity index (χ2n) is 3.61. The number of rotatable bonds is 3. The van der Waals surface area contributed by atoms with Gasteiger partial charge >= 0.3 is 5.97 Å². The number of furan rings is 1. The van der Waals surface area contributed by atoms with Crippen LogP contribution >= 0.6 is 0 Å². The van der Waals surface area contributed by atoms with E-state index in [1.807, 2.05) is 0 Å². The zero-order chi connectivity index (χ0) is 13.1. The van der Waals surface area contributed by atoms with Gasteiger partial charge in [0.15, 0.2) is 5.69 Å². The molecule has 0 atom stereocenters. The predicted octanol–water partition coefficient (Wildman–Crippen LogP) is 1.93. The number of carboxylic acid groups (broad SMARTS) is 1. The lowest BCUT2D eigenvalue weighted by Gasteiger charge is -2.02. The molecule has 0 aliphatic carbocycles. The molecule has 6 nitrogen and oxygen atoms in total. The quantitative estimate of drug-likeness (QED) is 0.863. The number of anilines is 1. The minimum atomic E-state index is -1.15. The van der Waals surface area contributed by atoms with Crippen molar-refractivity contribution in [3.05, 3.63) is 47.5 Å². The average Bonchev–Trinajstić information content (AvgIpc) is 2.76. The fourth-order valence-electron chi connectivity index (χ4n) is 1.37. The van der Waals surface area contributed by atoms with Gasteiger partial charge in [-0.2, -0.15) is 0 Å². The Balaban J connectivity index is 2.16. The number of aromatic nitrogens is 1. The molecule has 0 saturated heterocycles. The summed E-state index contributed by atoms with van der Waals surface area (Å²) in [5, 5.41) is 11.3.